The smallest absolute Gasteiger partial charge is 0.307 e. The molecule has 1 aromatic rings. The molecule has 1 aromatic carbocycles. The molecule has 0 radical (unpaired) electrons. The first kappa shape index (κ1) is 16.9. The minimum atomic E-state index is -1.25. The van der Waals surface area contributed by atoms with Gasteiger partial charge in [-0.15, -0.1) is 0 Å². The molecule has 0 saturated carbocycles. The third-order valence-corrected chi connectivity index (χ3v) is 4.29. The molecule has 4 nitrogen and oxygen atoms in total. The minimum Gasteiger partial charge on any atom is -0.466 e. The summed E-state index contributed by atoms with van der Waals surface area (Å²) in [5.41, 5.74) is 0.929. The summed E-state index contributed by atoms with van der Waals surface area (Å²) in [6, 6.07) is 9.22. The highest BCUT2D eigenvalue weighted by Crippen LogP contribution is 2.20. The standard InChI is InChI=1S/C15H23NO3S/c1-5-19-14(17)11-13(12-9-7-6-8-10-12)16-20(18)15(2,3)4/h6-10,13,16H,5,11H2,1-4H3/t13?,20-/m1/s1. The lowest BCUT2D eigenvalue weighted by Gasteiger charge is -2.24. The predicted molar refractivity (Wildman–Crippen MR) is 81.5 cm³/mol. The van der Waals surface area contributed by atoms with Gasteiger partial charge in [0.15, 0.2) is 0 Å². The van der Waals surface area contributed by atoms with Crippen molar-refractivity contribution in [3.8, 4) is 0 Å². The fraction of sp³-hybridized carbons (Fsp3) is 0.533. The molecule has 5 heteroatoms. The molecule has 0 aliphatic carbocycles. The van der Waals surface area contributed by atoms with Crippen LogP contribution in [0.1, 0.15) is 45.7 Å². The van der Waals surface area contributed by atoms with Crippen molar-refractivity contribution in [3.63, 3.8) is 0 Å². The third kappa shape index (κ3) is 5.43. The van der Waals surface area contributed by atoms with Gasteiger partial charge in [0.2, 0.25) is 0 Å². The highest BCUT2D eigenvalue weighted by molar-refractivity contribution is 7.84. The SMILES string of the molecule is CCOC(=O)CC(N[S@](=O)C(C)(C)C)c1ccccc1. The number of nitrogens with one attached hydrogen (secondary N) is 1. The first-order chi connectivity index (χ1) is 9.34. The van der Waals surface area contributed by atoms with Crippen LogP contribution < -0.4 is 4.72 Å². The zero-order chi connectivity index (χ0) is 15.2. The number of esters is 1. The first-order valence-electron chi connectivity index (χ1n) is 6.73. The number of carbonyl (C=O) groups is 1. The topological polar surface area (TPSA) is 55.4 Å². The molecule has 0 fully saturated rings. The van der Waals surface area contributed by atoms with Crippen LogP contribution in [0.5, 0.6) is 0 Å². The fourth-order valence-corrected chi connectivity index (χ4v) is 2.44. The lowest BCUT2D eigenvalue weighted by molar-refractivity contribution is -0.143. The molecule has 1 N–H and O–H groups in total. The summed E-state index contributed by atoms with van der Waals surface area (Å²) in [7, 11) is -1.25. The Hall–Kier alpha value is -1.20. The van der Waals surface area contributed by atoms with Crippen LogP contribution in [-0.2, 0) is 20.5 Å². The third-order valence-electron chi connectivity index (χ3n) is 2.68. The molecule has 0 saturated heterocycles. The van der Waals surface area contributed by atoms with Crippen molar-refractivity contribution >= 4 is 17.0 Å². The summed E-state index contributed by atoms with van der Waals surface area (Å²) in [5, 5.41) is 0. The molecule has 0 aliphatic heterocycles. The van der Waals surface area contributed by atoms with E-state index in [2.05, 4.69) is 4.72 Å². The summed E-state index contributed by atoms with van der Waals surface area (Å²) >= 11 is 0. The molecule has 0 bridgehead atoms. The molecule has 1 unspecified atom stereocenters. The number of benzene rings is 1. The van der Waals surface area contributed by atoms with E-state index in [1.807, 2.05) is 51.1 Å². The van der Waals surface area contributed by atoms with Gasteiger partial charge < -0.3 is 4.74 Å². The predicted octanol–water partition coefficient (Wildman–Crippen LogP) is 2.73. The van der Waals surface area contributed by atoms with Gasteiger partial charge >= 0.3 is 5.97 Å². The molecule has 0 aromatic heterocycles. The summed E-state index contributed by atoms with van der Waals surface area (Å²) in [6.07, 6.45) is 0.166. The summed E-state index contributed by atoms with van der Waals surface area (Å²) < 4.78 is 19.9. The van der Waals surface area contributed by atoms with Gasteiger partial charge in [-0.05, 0) is 33.3 Å². The Balaban J connectivity index is 2.85. The Labute approximate surface area is 123 Å². The average Bonchev–Trinajstić information content (AvgIpc) is 2.38. The van der Waals surface area contributed by atoms with Crippen molar-refractivity contribution < 1.29 is 13.7 Å². The van der Waals surface area contributed by atoms with Gasteiger partial charge in [0.05, 0.1) is 34.8 Å². The van der Waals surface area contributed by atoms with E-state index in [1.54, 1.807) is 6.92 Å². The first-order valence-corrected chi connectivity index (χ1v) is 7.88. The fourth-order valence-electron chi connectivity index (χ4n) is 1.61. The van der Waals surface area contributed by atoms with E-state index in [0.29, 0.717) is 6.61 Å². The van der Waals surface area contributed by atoms with Crippen LogP contribution in [-0.4, -0.2) is 21.5 Å². The van der Waals surface area contributed by atoms with Gasteiger partial charge in [0, 0.05) is 0 Å². The Morgan fingerprint density at radius 1 is 1.30 bits per heavy atom. The summed E-state index contributed by atoms with van der Waals surface area (Å²) in [5.74, 6) is -0.292. The molecule has 2 atom stereocenters. The highest BCUT2D eigenvalue weighted by atomic mass is 32.2. The number of hydrogen-bond acceptors (Lipinski definition) is 3. The molecule has 0 aliphatic rings. The van der Waals surface area contributed by atoms with E-state index in [0.717, 1.165) is 5.56 Å². The van der Waals surface area contributed by atoms with E-state index in [9.17, 15) is 9.00 Å². The van der Waals surface area contributed by atoms with E-state index < -0.39 is 11.0 Å². The van der Waals surface area contributed by atoms with Crippen LogP contribution in [0.15, 0.2) is 30.3 Å². The van der Waals surface area contributed by atoms with Gasteiger partial charge in [0.1, 0.15) is 0 Å². The van der Waals surface area contributed by atoms with Gasteiger partial charge in [0.25, 0.3) is 0 Å². The quantitative estimate of drug-likeness (QED) is 0.821. The minimum absolute atomic E-state index is 0.166. The van der Waals surface area contributed by atoms with Gasteiger partial charge in [-0.1, -0.05) is 30.3 Å². The lowest BCUT2D eigenvalue weighted by Crippen LogP contribution is -2.36. The molecule has 20 heavy (non-hydrogen) atoms. The van der Waals surface area contributed by atoms with Gasteiger partial charge in [-0.3, -0.25) is 4.79 Å². The maximum Gasteiger partial charge on any atom is 0.307 e. The number of carbonyl (C=O) groups excluding carboxylic acids is 1. The molecule has 0 heterocycles. The van der Waals surface area contributed by atoms with Crippen molar-refractivity contribution in [2.45, 2.75) is 44.9 Å². The van der Waals surface area contributed by atoms with Gasteiger partial charge in [-0.2, -0.15) is 0 Å². The second-order valence-corrected chi connectivity index (χ2v) is 7.47. The van der Waals surface area contributed by atoms with E-state index >= 15 is 0 Å². The second kappa shape index (κ2) is 7.55. The summed E-state index contributed by atoms with van der Waals surface area (Å²) in [6.45, 7) is 7.80. The number of ether oxygens (including phenoxy) is 1. The van der Waals surface area contributed by atoms with Crippen molar-refractivity contribution in [1.29, 1.82) is 0 Å². The Bertz CT molecular complexity index is 454. The van der Waals surface area contributed by atoms with Crippen molar-refractivity contribution in [1.82, 2.24) is 4.72 Å². The zero-order valence-electron chi connectivity index (χ0n) is 12.5. The summed E-state index contributed by atoms with van der Waals surface area (Å²) in [4.78, 5) is 11.7. The molecule has 0 spiro atoms. The molecule has 1 rings (SSSR count). The molecular weight excluding hydrogens is 274 g/mol. The van der Waals surface area contributed by atoms with Crippen LogP contribution in [0.2, 0.25) is 0 Å². The maximum atomic E-state index is 12.2. The zero-order valence-corrected chi connectivity index (χ0v) is 13.3. The second-order valence-electron chi connectivity index (χ2n) is 5.47. The highest BCUT2D eigenvalue weighted by Gasteiger charge is 2.25. The maximum absolute atomic E-state index is 12.2. The van der Waals surface area contributed by atoms with Crippen LogP contribution in [0.4, 0.5) is 0 Å². The van der Waals surface area contributed by atoms with Crippen molar-refractivity contribution in [3.05, 3.63) is 35.9 Å². The molecule has 0 amide bonds. The number of rotatable bonds is 6. The van der Waals surface area contributed by atoms with Crippen molar-refractivity contribution in [2.24, 2.45) is 0 Å². The van der Waals surface area contributed by atoms with E-state index in [1.165, 1.54) is 0 Å². The average molecular weight is 297 g/mol. The van der Waals surface area contributed by atoms with Gasteiger partial charge in [-0.25, -0.2) is 8.93 Å². The van der Waals surface area contributed by atoms with Crippen molar-refractivity contribution in [2.75, 3.05) is 6.61 Å². The Kier molecular flexibility index (Phi) is 6.36. The largest absolute Gasteiger partial charge is 0.466 e. The molecule has 112 valence electrons. The van der Waals surface area contributed by atoms with Crippen LogP contribution in [0, 0.1) is 0 Å². The van der Waals surface area contributed by atoms with E-state index in [-0.39, 0.29) is 23.2 Å². The van der Waals surface area contributed by atoms with E-state index in [4.69, 9.17) is 4.74 Å². The normalized spacial score (nSPS) is 14.6. The number of hydrogen-bond donors (Lipinski definition) is 1. The molecular formula is C15H23NO3S. The van der Waals surface area contributed by atoms with Crippen LogP contribution >= 0.6 is 0 Å². The van der Waals surface area contributed by atoms with Crippen LogP contribution in [0.25, 0.3) is 0 Å². The lowest BCUT2D eigenvalue weighted by atomic mass is 10.1. The Morgan fingerprint density at radius 2 is 1.90 bits per heavy atom. The Morgan fingerprint density at radius 3 is 2.40 bits per heavy atom. The van der Waals surface area contributed by atoms with Crippen LogP contribution in [0.3, 0.4) is 0 Å². The monoisotopic (exact) mass is 297 g/mol.